The third-order valence-electron chi connectivity index (χ3n) is 7.08. The first kappa shape index (κ1) is 45.7. The number of carbonyl (C=O) groups is 1. The maximum absolute atomic E-state index is 12.7. The lowest BCUT2D eigenvalue weighted by molar-refractivity contribution is -0.870. The zero-order valence-corrected chi connectivity index (χ0v) is 31.5. The summed E-state index contributed by atoms with van der Waals surface area (Å²) in [7, 11) is 1.17. The molecule has 3 unspecified atom stereocenters. The van der Waals surface area contributed by atoms with Gasteiger partial charge in [0.25, 0.3) is 7.82 Å². The number of nitrogens with zero attached hydrogens (tertiary/aromatic N) is 1. The highest BCUT2D eigenvalue weighted by molar-refractivity contribution is 7.45. The molecule has 9 heteroatoms. The molecule has 0 fully saturated rings. The minimum Gasteiger partial charge on any atom is -0.756 e. The number of aliphatic hydroxyl groups excluding tert-OH is 1. The molecule has 0 aliphatic carbocycles. The molecule has 48 heavy (non-hydrogen) atoms. The zero-order chi connectivity index (χ0) is 35.8. The number of hydrogen-bond donors (Lipinski definition) is 2. The van der Waals surface area contributed by atoms with E-state index in [1.807, 2.05) is 39.4 Å². The molecular weight excluding hydrogens is 623 g/mol. The molecule has 0 bridgehead atoms. The van der Waals surface area contributed by atoms with E-state index in [2.05, 4.69) is 79.9 Å². The third-order valence-corrected chi connectivity index (χ3v) is 8.04. The molecule has 1 amide bonds. The summed E-state index contributed by atoms with van der Waals surface area (Å²) in [4.78, 5) is 25.1. The smallest absolute Gasteiger partial charge is 0.268 e. The van der Waals surface area contributed by atoms with Gasteiger partial charge in [0.2, 0.25) is 5.91 Å². The lowest BCUT2D eigenvalue weighted by Gasteiger charge is -2.29. The van der Waals surface area contributed by atoms with E-state index in [9.17, 15) is 19.4 Å². The maximum atomic E-state index is 12.7. The standard InChI is InChI=1S/C39H67N2O6P/c1-6-8-10-12-14-16-18-20-22-24-26-28-30-32-38(42)37(36-47-48(44,45)46-35-34-41(3,4)5)40-39(43)33-31-29-27-25-23-21-19-17-15-13-11-9-7-2/h9,11,14-17,21-24,27,29-30,32,37-38,42H,6-8,10,12-13,18-20,25-26,28,31,33-36H2,1-5H3,(H-,40,43,44,45)/b11-9-,16-14+,17-15-,23-21-,24-22+,29-27-,32-30+. The number of rotatable bonds is 30. The van der Waals surface area contributed by atoms with Crippen LogP contribution in [0.5, 0.6) is 0 Å². The first-order valence-electron chi connectivity index (χ1n) is 17.9. The molecule has 0 saturated heterocycles. The van der Waals surface area contributed by atoms with Gasteiger partial charge in [-0.2, -0.15) is 0 Å². The van der Waals surface area contributed by atoms with Crippen molar-refractivity contribution in [2.24, 2.45) is 0 Å². The van der Waals surface area contributed by atoms with Crippen molar-refractivity contribution in [1.29, 1.82) is 0 Å². The van der Waals surface area contributed by atoms with E-state index >= 15 is 0 Å². The number of aliphatic hydroxyl groups is 1. The van der Waals surface area contributed by atoms with Crippen LogP contribution >= 0.6 is 7.82 Å². The fourth-order valence-electron chi connectivity index (χ4n) is 4.19. The molecule has 0 rings (SSSR count). The van der Waals surface area contributed by atoms with Crippen molar-refractivity contribution in [3.05, 3.63) is 85.1 Å². The number of phosphoric acid groups is 1. The molecule has 2 N–H and O–H groups in total. The lowest BCUT2D eigenvalue weighted by atomic mass is 10.1. The van der Waals surface area contributed by atoms with Gasteiger partial charge in [0.1, 0.15) is 13.2 Å². The molecule has 0 aromatic rings. The molecular formula is C39H67N2O6P. The van der Waals surface area contributed by atoms with Crippen molar-refractivity contribution >= 4 is 13.7 Å². The van der Waals surface area contributed by atoms with Crippen LogP contribution in [0.25, 0.3) is 0 Å². The Bertz CT molecular complexity index is 1060. The van der Waals surface area contributed by atoms with Crippen molar-refractivity contribution in [3.8, 4) is 0 Å². The molecule has 0 heterocycles. The second-order valence-corrected chi connectivity index (χ2v) is 14.2. The van der Waals surface area contributed by atoms with E-state index in [-0.39, 0.29) is 18.9 Å². The van der Waals surface area contributed by atoms with Crippen LogP contribution in [0.3, 0.4) is 0 Å². The summed E-state index contributed by atoms with van der Waals surface area (Å²) in [5.41, 5.74) is 0. The summed E-state index contributed by atoms with van der Waals surface area (Å²) in [6.07, 6.45) is 40.8. The normalized spacial score (nSPS) is 15.7. The Hall–Kier alpha value is -2.32. The highest BCUT2D eigenvalue weighted by Crippen LogP contribution is 2.38. The maximum Gasteiger partial charge on any atom is 0.268 e. The van der Waals surface area contributed by atoms with Gasteiger partial charge in [-0.25, -0.2) is 0 Å². The molecule has 0 aromatic carbocycles. The fourth-order valence-corrected chi connectivity index (χ4v) is 4.91. The van der Waals surface area contributed by atoms with Gasteiger partial charge in [0.15, 0.2) is 0 Å². The number of phosphoric ester groups is 1. The van der Waals surface area contributed by atoms with Crippen LogP contribution in [0.15, 0.2) is 85.1 Å². The van der Waals surface area contributed by atoms with Crippen molar-refractivity contribution in [2.75, 3.05) is 40.9 Å². The number of likely N-dealkylation sites (N-methyl/N-ethyl adjacent to an activating group) is 1. The van der Waals surface area contributed by atoms with Crippen molar-refractivity contribution in [3.63, 3.8) is 0 Å². The number of carbonyl (C=O) groups excluding carboxylic acids is 1. The predicted molar refractivity (Wildman–Crippen MR) is 200 cm³/mol. The van der Waals surface area contributed by atoms with Gasteiger partial charge in [-0.1, -0.05) is 112 Å². The number of hydrogen-bond acceptors (Lipinski definition) is 6. The molecule has 3 atom stereocenters. The molecule has 0 aliphatic rings. The monoisotopic (exact) mass is 690 g/mol. The van der Waals surface area contributed by atoms with Crippen molar-refractivity contribution in [1.82, 2.24) is 5.32 Å². The second kappa shape index (κ2) is 30.7. The van der Waals surface area contributed by atoms with Crippen molar-refractivity contribution < 1.29 is 32.9 Å². The molecule has 8 nitrogen and oxygen atoms in total. The Kier molecular flexibility index (Phi) is 29.2. The summed E-state index contributed by atoms with van der Waals surface area (Å²) in [6.45, 7) is 4.35. The average molecular weight is 691 g/mol. The topological polar surface area (TPSA) is 108 Å². The molecule has 0 aromatic heterocycles. The predicted octanol–water partition coefficient (Wildman–Crippen LogP) is 8.43. The summed E-state index contributed by atoms with van der Waals surface area (Å²) < 4.78 is 23.0. The van der Waals surface area contributed by atoms with Crippen LogP contribution in [0, 0.1) is 0 Å². The summed E-state index contributed by atoms with van der Waals surface area (Å²) >= 11 is 0. The van der Waals surface area contributed by atoms with Crippen LogP contribution < -0.4 is 10.2 Å². The number of unbranched alkanes of at least 4 members (excludes halogenated alkanes) is 5. The van der Waals surface area contributed by atoms with E-state index in [0.717, 1.165) is 51.4 Å². The molecule has 0 aliphatic heterocycles. The molecule has 0 radical (unpaired) electrons. The van der Waals surface area contributed by atoms with Crippen LogP contribution in [-0.2, 0) is 18.4 Å². The van der Waals surface area contributed by atoms with Gasteiger partial charge in [-0.05, 0) is 70.6 Å². The molecule has 0 saturated carbocycles. The lowest BCUT2D eigenvalue weighted by Crippen LogP contribution is -2.45. The van der Waals surface area contributed by atoms with Gasteiger partial charge in [0, 0.05) is 6.42 Å². The summed E-state index contributed by atoms with van der Waals surface area (Å²) in [5, 5.41) is 13.6. The minimum absolute atomic E-state index is 0.0264. The first-order chi connectivity index (χ1) is 23.0. The van der Waals surface area contributed by atoms with Gasteiger partial charge in [-0.15, -0.1) is 0 Å². The SMILES string of the molecule is CC/C=C\C/C=C\C/C=C\C/C=C\CCC(=O)NC(COP(=O)([O-])OCC[N+](C)(C)C)C(O)/C=C/CC/C=C/CC/C=C/CCCCC. The Morgan fingerprint density at radius 3 is 1.83 bits per heavy atom. The van der Waals surface area contributed by atoms with Gasteiger partial charge in [0.05, 0.1) is 39.9 Å². The Morgan fingerprint density at radius 1 is 0.750 bits per heavy atom. The highest BCUT2D eigenvalue weighted by atomic mass is 31.2. The van der Waals surface area contributed by atoms with Crippen LogP contribution in [-0.4, -0.2) is 68.5 Å². The number of quaternary nitrogens is 1. The van der Waals surface area contributed by atoms with E-state index in [1.165, 1.54) is 19.3 Å². The Labute approximate surface area is 293 Å². The molecule has 274 valence electrons. The van der Waals surface area contributed by atoms with Crippen molar-refractivity contribution in [2.45, 2.75) is 116 Å². The first-order valence-corrected chi connectivity index (χ1v) is 19.4. The minimum atomic E-state index is -4.61. The number of nitrogens with one attached hydrogen (secondary N) is 1. The van der Waals surface area contributed by atoms with Crippen LogP contribution in [0.2, 0.25) is 0 Å². The highest BCUT2D eigenvalue weighted by Gasteiger charge is 2.23. The molecule has 0 spiro atoms. The summed E-state index contributed by atoms with van der Waals surface area (Å²) in [6, 6.07) is -0.949. The third kappa shape index (κ3) is 32.2. The number of allylic oxidation sites excluding steroid dienone is 13. The fraction of sp³-hybridized carbons (Fsp3) is 0.615. The van der Waals surface area contributed by atoms with E-state index in [1.54, 1.807) is 6.08 Å². The summed E-state index contributed by atoms with van der Waals surface area (Å²) in [5.74, 6) is -0.299. The van der Waals surface area contributed by atoms with E-state index < -0.39 is 26.6 Å². The van der Waals surface area contributed by atoms with E-state index in [4.69, 9.17) is 9.05 Å². The van der Waals surface area contributed by atoms with Gasteiger partial charge < -0.3 is 28.8 Å². The van der Waals surface area contributed by atoms with Gasteiger partial charge in [-0.3, -0.25) is 9.36 Å². The van der Waals surface area contributed by atoms with Gasteiger partial charge >= 0.3 is 0 Å². The average Bonchev–Trinajstić information content (AvgIpc) is 3.02. The van der Waals surface area contributed by atoms with E-state index in [0.29, 0.717) is 23.9 Å². The Balaban J connectivity index is 4.81. The van der Waals surface area contributed by atoms with Crippen LogP contribution in [0.1, 0.15) is 104 Å². The Morgan fingerprint density at radius 2 is 1.27 bits per heavy atom. The largest absolute Gasteiger partial charge is 0.756 e. The van der Waals surface area contributed by atoms with Crippen LogP contribution in [0.4, 0.5) is 0 Å². The second-order valence-electron chi connectivity index (χ2n) is 12.8. The zero-order valence-electron chi connectivity index (χ0n) is 30.6. The number of amides is 1. The quantitative estimate of drug-likeness (QED) is 0.0339.